The van der Waals surface area contributed by atoms with E-state index in [1.165, 1.54) is 0 Å². The van der Waals surface area contributed by atoms with Gasteiger partial charge in [-0.15, -0.1) is 0 Å². The van der Waals surface area contributed by atoms with Crippen molar-refractivity contribution in [2.24, 2.45) is 0 Å². The molecule has 0 bridgehead atoms. The minimum atomic E-state index is -1.43. The third-order valence-corrected chi connectivity index (χ3v) is 3.61. The van der Waals surface area contributed by atoms with Crippen LogP contribution in [0.1, 0.15) is 5.56 Å². The highest BCUT2D eigenvalue weighted by atomic mass is 16.6. The first-order chi connectivity index (χ1) is 9.93. The maximum Gasteiger partial charge on any atom is 0.258 e. The van der Waals surface area contributed by atoms with Gasteiger partial charge in [-0.2, -0.15) is 4.98 Å². The Balaban J connectivity index is 2.02. The average Bonchev–Trinajstić information content (AvgIpc) is 2.89. The Morgan fingerprint density at radius 2 is 2.10 bits per heavy atom. The molecule has 10 nitrogen and oxygen atoms in total. The minimum absolute atomic E-state index is 0.00362. The molecule has 0 saturated carbocycles. The van der Waals surface area contributed by atoms with Gasteiger partial charge in [-0.05, 0) is 0 Å². The number of rotatable bonds is 2. The van der Waals surface area contributed by atoms with Crippen molar-refractivity contribution < 1.29 is 24.9 Å². The van der Waals surface area contributed by atoms with Gasteiger partial charge >= 0.3 is 0 Å². The van der Waals surface area contributed by atoms with Crippen LogP contribution in [0.25, 0.3) is 0 Å². The van der Waals surface area contributed by atoms with Crippen molar-refractivity contribution in [3.05, 3.63) is 15.9 Å². The van der Waals surface area contributed by atoms with Gasteiger partial charge in [0, 0.05) is 0 Å². The van der Waals surface area contributed by atoms with E-state index in [9.17, 15) is 19.8 Å². The summed E-state index contributed by atoms with van der Waals surface area (Å²) in [5.41, 5.74) is 5.03. The molecular formula is C11H14N4O6. The topological polar surface area (TPSA) is 162 Å². The van der Waals surface area contributed by atoms with Gasteiger partial charge in [0.15, 0.2) is 12.0 Å². The lowest BCUT2D eigenvalue weighted by Gasteiger charge is -2.25. The smallest absolute Gasteiger partial charge is 0.258 e. The van der Waals surface area contributed by atoms with Crippen LogP contribution >= 0.6 is 0 Å². The number of aliphatic hydroxyl groups excluding tert-OH is 3. The Morgan fingerprint density at radius 1 is 1.38 bits per heavy atom. The number of ether oxygens (including phenoxy) is 1. The highest BCUT2D eigenvalue weighted by Gasteiger charge is 2.49. The normalized spacial score (nSPS) is 31.8. The zero-order valence-electron chi connectivity index (χ0n) is 10.8. The highest BCUT2D eigenvalue weighted by molar-refractivity contribution is 6.00. The first kappa shape index (κ1) is 13.9. The minimum Gasteiger partial charge on any atom is -0.394 e. The second-order valence-corrected chi connectivity index (χ2v) is 4.92. The Labute approximate surface area is 117 Å². The zero-order valence-corrected chi connectivity index (χ0v) is 10.8. The van der Waals surface area contributed by atoms with Crippen molar-refractivity contribution >= 4 is 17.7 Å². The quantitative estimate of drug-likeness (QED) is 0.379. The molecule has 0 spiro atoms. The molecule has 1 fully saturated rings. The number of aliphatic hydroxyl groups is 3. The van der Waals surface area contributed by atoms with Crippen LogP contribution in [0.3, 0.4) is 0 Å². The van der Waals surface area contributed by atoms with Crippen LogP contribution in [0, 0.1) is 0 Å². The van der Waals surface area contributed by atoms with Gasteiger partial charge in [-0.3, -0.25) is 19.5 Å². The largest absolute Gasteiger partial charge is 0.394 e. The number of nitrogens with zero attached hydrogens (tertiary/aromatic N) is 2. The molecule has 3 heterocycles. The molecule has 6 N–H and O–H groups in total. The number of aromatic nitrogens is 2. The molecule has 2 aliphatic rings. The number of aromatic amines is 1. The number of nitrogen functional groups attached to an aromatic ring is 1. The second-order valence-electron chi connectivity index (χ2n) is 4.92. The highest BCUT2D eigenvalue weighted by Crippen LogP contribution is 2.32. The summed E-state index contributed by atoms with van der Waals surface area (Å²) in [5.74, 6) is -0.690. The summed E-state index contributed by atoms with van der Waals surface area (Å²) in [4.78, 5) is 31.0. The fourth-order valence-electron chi connectivity index (χ4n) is 2.57. The van der Waals surface area contributed by atoms with Crippen molar-refractivity contribution in [3.8, 4) is 0 Å². The predicted octanol–water partition coefficient (Wildman–Crippen LogP) is -3.32. The van der Waals surface area contributed by atoms with E-state index < -0.39 is 42.6 Å². The molecule has 0 aromatic carbocycles. The third kappa shape index (κ3) is 2.00. The van der Waals surface area contributed by atoms with Crippen LogP contribution in [-0.4, -0.2) is 62.3 Å². The number of nitrogens with two attached hydrogens (primary N) is 1. The summed E-state index contributed by atoms with van der Waals surface area (Å²) in [6.07, 6.45) is -5.25. The monoisotopic (exact) mass is 298 g/mol. The van der Waals surface area contributed by atoms with Crippen LogP contribution < -0.4 is 16.2 Å². The molecule has 1 saturated heterocycles. The summed E-state index contributed by atoms with van der Waals surface area (Å²) < 4.78 is 5.29. The number of hydrogen-bond donors (Lipinski definition) is 5. The van der Waals surface area contributed by atoms with Crippen LogP contribution in [0.5, 0.6) is 0 Å². The van der Waals surface area contributed by atoms with Crippen LogP contribution in [-0.2, 0) is 16.0 Å². The van der Waals surface area contributed by atoms with Gasteiger partial charge in [0.1, 0.15) is 18.3 Å². The van der Waals surface area contributed by atoms with E-state index in [0.29, 0.717) is 0 Å². The van der Waals surface area contributed by atoms with E-state index in [2.05, 4.69) is 9.97 Å². The summed E-state index contributed by atoms with van der Waals surface area (Å²) in [6, 6.07) is 0. The fourth-order valence-corrected chi connectivity index (χ4v) is 2.57. The number of hydrogen-bond acceptors (Lipinski definition) is 8. The van der Waals surface area contributed by atoms with Gasteiger partial charge in [0.25, 0.3) is 5.56 Å². The maximum absolute atomic E-state index is 12.1. The fraction of sp³-hybridized carbons (Fsp3) is 0.545. The summed E-state index contributed by atoms with van der Waals surface area (Å²) in [5, 5.41) is 28.8. The number of H-pyrrole nitrogens is 1. The molecule has 0 aliphatic carbocycles. The molecule has 4 atom stereocenters. The van der Waals surface area contributed by atoms with Crippen molar-refractivity contribution in [1.29, 1.82) is 0 Å². The molecule has 114 valence electrons. The molecule has 0 radical (unpaired) electrons. The van der Waals surface area contributed by atoms with Gasteiger partial charge in [-0.1, -0.05) is 0 Å². The Kier molecular flexibility index (Phi) is 3.17. The lowest BCUT2D eigenvalue weighted by atomic mass is 10.1. The second kappa shape index (κ2) is 4.77. The number of anilines is 2. The summed E-state index contributed by atoms with van der Waals surface area (Å²) in [7, 11) is 0. The molecule has 21 heavy (non-hydrogen) atoms. The Morgan fingerprint density at radius 3 is 2.71 bits per heavy atom. The van der Waals surface area contributed by atoms with E-state index in [-0.39, 0.29) is 23.8 Å². The lowest BCUT2D eigenvalue weighted by Crippen LogP contribution is -2.46. The van der Waals surface area contributed by atoms with Gasteiger partial charge in [-0.25, -0.2) is 0 Å². The third-order valence-electron chi connectivity index (χ3n) is 3.61. The summed E-state index contributed by atoms with van der Waals surface area (Å²) >= 11 is 0. The van der Waals surface area contributed by atoms with E-state index in [1.807, 2.05) is 0 Å². The SMILES string of the molecule is Nc1nc2c(c(=O)[nH]1)CC(=O)N2[C@@H]1O[C@H](CO)[C@H](O)[C@H]1O. The molecule has 2 aliphatic heterocycles. The lowest BCUT2D eigenvalue weighted by molar-refractivity contribution is -0.121. The van der Waals surface area contributed by atoms with Gasteiger partial charge in [0.2, 0.25) is 11.9 Å². The Bertz CT molecular complexity index is 646. The van der Waals surface area contributed by atoms with Crippen LogP contribution in [0.15, 0.2) is 4.79 Å². The van der Waals surface area contributed by atoms with Crippen molar-refractivity contribution in [3.63, 3.8) is 0 Å². The summed E-state index contributed by atoms with van der Waals surface area (Å²) in [6.45, 7) is -0.519. The number of amides is 1. The average molecular weight is 298 g/mol. The van der Waals surface area contributed by atoms with Crippen molar-refractivity contribution in [2.45, 2.75) is 31.0 Å². The predicted molar refractivity (Wildman–Crippen MR) is 68.2 cm³/mol. The van der Waals surface area contributed by atoms with E-state index >= 15 is 0 Å². The van der Waals surface area contributed by atoms with E-state index in [1.54, 1.807) is 0 Å². The molecule has 0 unspecified atom stereocenters. The zero-order chi connectivity index (χ0) is 15.3. The van der Waals surface area contributed by atoms with E-state index in [4.69, 9.17) is 15.6 Å². The Hall–Kier alpha value is -2.01. The standard InChI is InChI=1S/C11H14N4O6/c12-11-13-8-3(9(20)14-11)1-5(17)15(8)10-7(19)6(18)4(2-16)21-10/h4,6-7,10,16,18-19H,1-2H2,(H3,12,13,14,20)/t4-,6+,7-,10-/m1/s1. The number of nitrogens with one attached hydrogen (secondary N) is 1. The van der Waals surface area contributed by atoms with Gasteiger partial charge in [0.05, 0.1) is 18.6 Å². The van der Waals surface area contributed by atoms with E-state index in [0.717, 1.165) is 4.90 Å². The number of carbonyl (C=O) groups excluding carboxylic acids is 1. The first-order valence-electron chi connectivity index (χ1n) is 6.27. The molecular weight excluding hydrogens is 284 g/mol. The van der Waals surface area contributed by atoms with Gasteiger partial charge < -0.3 is 25.8 Å². The first-order valence-corrected chi connectivity index (χ1v) is 6.27. The van der Waals surface area contributed by atoms with Crippen LogP contribution in [0.4, 0.5) is 11.8 Å². The number of fused-ring (bicyclic) bond motifs is 1. The van der Waals surface area contributed by atoms with Crippen molar-refractivity contribution in [2.75, 3.05) is 17.2 Å². The number of carbonyl (C=O) groups is 1. The molecule has 3 rings (SSSR count). The maximum atomic E-state index is 12.1. The molecule has 1 aromatic rings. The van der Waals surface area contributed by atoms with Crippen molar-refractivity contribution in [1.82, 2.24) is 9.97 Å². The molecule has 10 heteroatoms. The molecule has 1 aromatic heterocycles. The van der Waals surface area contributed by atoms with Crippen LogP contribution in [0.2, 0.25) is 0 Å². The molecule has 1 amide bonds.